The Morgan fingerprint density at radius 3 is 0.944 bits per heavy atom. The van der Waals surface area contributed by atoms with Crippen LogP contribution < -0.4 is 30.3 Å². The normalized spacial score (nSPS) is 10.5. The summed E-state index contributed by atoms with van der Waals surface area (Å²) in [5.41, 5.74) is 0. The van der Waals surface area contributed by atoms with Crippen LogP contribution in [0, 0.1) is 0 Å². The van der Waals surface area contributed by atoms with Gasteiger partial charge < -0.3 is 9.05 Å². The largest absolute Gasteiger partial charge is 0.464 e. The van der Waals surface area contributed by atoms with Gasteiger partial charge in [-0.05, 0) is 12.1 Å². The Hall–Kier alpha value is -2.50. The third-order valence-corrected chi connectivity index (χ3v) is 9.02. The first kappa shape index (κ1) is 26.6. The van der Waals surface area contributed by atoms with Crippen LogP contribution in [0.25, 0.3) is 0 Å². The van der Waals surface area contributed by atoms with E-state index in [4.69, 9.17) is 9.05 Å². The number of hydrogen-bond donors (Lipinski definition) is 0. The molecule has 0 saturated carbocycles. The third-order valence-electron chi connectivity index (χ3n) is 5.16. The van der Waals surface area contributed by atoms with Crippen molar-refractivity contribution in [3.63, 3.8) is 0 Å². The summed E-state index contributed by atoms with van der Waals surface area (Å²) in [6, 6.07) is 49.6. The quantitative estimate of drug-likeness (QED) is 0.159. The molecule has 2 nitrogen and oxygen atoms in total. The number of rotatable bonds is 8. The van der Waals surface area contributed by atoms with Crippen molar-refractivity contribution >= 4 is 47.1 Å². The second kappa shape index (κ2) is 14.3. The third kappa shape index (κ3) is 7.27. The maximum Gasteiger partial charge on any atom is 0.150 e. The summed E-state index contributed by atoms with van der Waals surface area (Å²) in [4.78, 5) is 0. The SMILES string of the molecule is [Cl][Ir].c1ccc(P(Oc2cccc(OP(c3ccccc3)c3ccccc3)c2)c2ccccc2)cc1. The van der Waals surface area contributed by atoms with Crippen molar-refractivity contribution in [2.24, 2.45) is 0 Å². The molecule has 36 heavy (non-hydrogen) atoms. The Morgan fingerprint density at radius 1 is 0.389 bits per heavy atom. The first-order valence-electron chi connectivity index (χ1n) is 11.3. The van der Waals surface area contributed by atoms with Crippen LogP contribution in [-0.4, -0.2) is 0 Å². The molecule has 5 aromatic carbocycles. The first-order valence-corrected chi connectivity index (χ1v) is 16.7. The summed E-state index contributed by atoms with van der Waals surface area (Å²) >= 11 is 1.47. The molecule has 6 heteroatoms. The van der Waals surface area contributed by atoms with E-state index in [0.29, 0.717) is 0 Å². The van der Waals surface area contributed by atoms with Crippen molar-refractivity contribution in [1.82, 2.24) is 0 Å². The van der Waals surface area contributed by atoms with Gasteiger partial charge in [0.1, 0.15) is 11.5 Å². The predicted octanol–water partition coefficient (Wildman–Crippen LogP) is 7.23. The summed E-state index contributed by atoms with van der Waals surface area (Å²) in [7, 11) is 2.64. The van der Waals surface area contributed by atoms with Gasteiger partial charge in [0.2, 0.25) is 0 Å². The topological polar surface area (TPSA) is 18.5 Å². The van der Waals surface area contributed by atoms with E-state index in [9.17, 15) is 0 Å². The molecule has 0 bridgehead atoms. The van der Waals surface area contributed by atoms with Crippen LogP contribution in [0.5, 0.6) is 11.5 Å². The van der Waals surface area contributed by atoms with Gasteiger partial charge in [0.05, 0.1) is 0 Å². The molecule has 0 spiro atoms. The van der Waals surface area contributed by atoms with Crippen molar-refractivity contribution < 1.29 is 26.9 Å². The van der Waals surface area contributed by atoms with Crippen LogP contribution in [-0.2, 0) is 17.9 Å². The van der Waals surface area contributed by atoms with Gasteiger partial charge in [-0.2, -0.15) is 0 Å². The Bertz CT molecular complexity index is 1130. The zero-order valence-corrected chi connectivity index (χ0v) is 24.2. The minimum absolute atomic E-state index is 0.799. The predicted molar refractivity (Wildman–Crippen MR) is 152 cm³/mol. The van der Waals surface area contributed by atoms with Crippen molar-refractivity contribution in [3.8, 4) is 11.5 Å². The molecule has 0 fully saturated rings. The zero-order valence-electron chi connectivity index (χ0n) is 19.3. The monoisotopic (exact) mass is 706 g/mol. The molecule has 0 N–H and O–H groups in total. The van der Waals surface area contributed by atoms with Crippen molar-refractivity contribution in [1.29, 1.82) is 0 Å². The van der Waals surface area contributed by atoms with Crippen LogP contribution in [0.1, 0.15) is 0 Å². The van der Waals surface area contributed by atoms with Crippen LogP contribution in [0.15, 0.2) is 146 Å². The average Bonchev–Trinajstić information content (AvgIpc) is 2.98. The van der Waals surface area contributed by atoms with Gasteiger partial charge in [0.25, 0.3) is 0 Å². The summed E-state index contributed by atoms with van der Waals surface area (Å²) < 4.78 is 13.2. The smallest absolute Gasteiger partial charge is 0.150 e. The summed E-state index contributed by atoms with van der Waals surface area (Å²) in [6.45, 7) is 0. The second-order valence-electron chi connectivity index (χ2n) is 7.59. The molecule has 0 radical (unpaired) electrons. The van der Waals surface area contributed by atoms with Gasteiger partial charge in [-0.15, -0.1) is 0 Å². The zero-order chi connectivity index (χ0) is 25.0. The van der Waals surface area contributed by atoms with Crippen LogP contribution in [0.4, 0.5) is 0 Å². The van der Waals surface area contributed by atoms with E-state index in [0.717, 1.165) is 11.5 Å². The summed E-state index contributed by atoms with van der Waals surface area (Å²) in [5.74, 6) is 1.60. The molecule has 5 rings (SSSR count). The van der Waals surface area contributed by atoms with Gasteiger partial charge in [-0.25, -0.2) is 0 Å². The Balaban J connectivity index is 0.00000148. The molecule has 0 saturated heterocycles. The van der Waals surface area contributed by atoms with Gasteiger partial charge >= 0.3 is 27.5 Å². The van der Waals surface area contributed by atoms with E-state index in [-0.39, 0.29) is 0 Å². The Morgan fingerprint density at radius 2 is 0.667 bits per heavy atom. The molecular weight excluding hydrogens is 682 g/mol. The number of halogens is 1. The van der Waals surface area contributed by atoms with Crippen molar-refractivity contribution in [3.05, 3.63) is 146 Å². The molecule has 0 aliphatic heterocycles. The first-order chi connectivity index (χ1) is 17.9. The van der Waals surface area contributed by atoms with E-state index in [2.05, 4.69) is 107 Å². The van der Waals surface area contributed by atoms with Gasteiger partial charge in [-0.3, -0.25) is 0 Å². The number of hydrogen-bond acceptors (Lipinski definition) is 2. The Labute approximate surface area is 230 Å². The summed E-state index contributed by atoms with van der Waals surface area (Å²) in [6.07, 6.45) is 0. The maximum absolute atomic E-state index is 6.61. The molecule has 0 aliphatic rings. The van der Waals surface area contributed by atoms with Crippen LogP contribution in [0.3, 0.4) is 0 Å². The van der Waals surface area contributed by atoms with Gasteiger partial charge in [0.15, 0.2) is 16.3 Å². The molecule has 5 aromatic rings. The van der Waals surface area contributed by atoms with Crippen molar-refractivity contribution in [2.45, 2.75) is 0 Å². The van der Waals surface area contributed by atoms with E-state index in [1.54, 1.807) is 0 Å². The molecule has 182 valence electrons. The van der Waals surface area contributed by atoms with E-state index in [1.807, 2.05) is 48.5 Å². The van der Waals surface area contributed by atoms with Crippen molar-refractivity contribution in [2.75, 3.05) is 0 Å². The summed E-state index contributed by atoms with van der Waals surface area (Å²) in [5, 5.41) is 4.69. The van der Waals surface area contributed by atoms with Gasteiger partial charge in [0, 0.05) is 27.3 Å². The van der Waals surface area contributed by atoms with Crippen LogP contribution in [0.2, 0.25) is 0 Å². The van der Waals surface area contributed by atoms with E-state index in [1.165, 1.54) is 39.1 Å². The molecular formula is C30H24ClIrO2P2. The minimum Gasteiger partial charge on any atom is -0.464 e. The maximum atomic E-state index is 6.61. The fourth-order valence-corrected chi connectivity index (χ4v) is 7.00. The number of benzene rings is 5. The van der Waals surface area contributed by atoms with E-state index >= 15 is 0 Å². The van der Waals surface area contributed by atoms with Crippen LogP contribution >= 0.6 is 25.9 Å². The molecule has 0 heterocycles. The molecule has 0 atom stereocenters. The van der Waals surface area contributed by atoms with Gasteiger partial charge in [-0.1, -0.05) is 127 Å². The Kier molecular flexibility index (Phi) is 10.5. The fraction of sp³-hybridized carbons (Fsp3) is 0. The molecule has 0 amide bonds. The molecule has 0 unspecified atom stereocenters. The second-order valence-corrected chi connectivity index (χ2v) is 11.2. The standard InChI is InChI=1S/C30H24O2P2.ClH.Ir/c1-5-16-27(17-6-1)33(28-18-7-2-8-19-28)31-25-14-13-15-26(24-25)32-34(29-20-9-3-10-21-29)30-22-11-4-12-23-30;;/h1-24H;1H;/q;;+1/p-1. The molecule has 0 aliphatic carbocycles. The minimum atomic E-state index is -0.998. The molecule has 0 aromatic heterocycles. The average molecular weight is 706 g/mol. The fourth-order valence-electron chi connectivity index (χ4n) is 3.56. The van der Waals surface area contributed by atoms with E-state index < -0.39 is 16.3 Å².